The van der Waals surface area contributed by atoms with E-state index in [0.717, 1.165) is 51.5 Å². The first-order valence-electron chi connectivity index (χ1n) is 7.43. The highest BCUT2D eigenvalue weighted by Crippen LogP contribution is 2.10. The number of unbranched alkanes of at least 4 members (excludes halogenated alkanes) is 1. The van der Waals surface area contributed by atoms with Crippen molar-refractivity contribution in [3.05, 3.63) is 0 Å². The Kier molecular flexibility index (Phi) is 11.7. The molecule has 0 aliphatic carbocycles. The van der Waals surface area contributed by atoms with Crippen molar-refractivity contribution in [3.63, 3.8) is 0 Å². The fourth-order valence-electron chi connectivity index (χ4n) is 1.83. The van der Waals surface area contributed by atoms with Gasteiger partial charge in [0.05, 0.1) is 6.61 Å². The molecular weight excluding hydrogens is 383 g/mol. The van der Waals surface area contributed by atoms with E-state index < -0.39 is 0 Å². The van der Waals surface area contributed by atoms with E-state index in [1.807, 2.05) is 0 Å². The number of aliphatic imine (C=N–C) groups is 1. The first kappa shape index (κ1) is 20.4. The third-order valence-electron chi connectivity index (χ3n) is 3.28. The molecule has 1 rings (SSSR count). The van der Waals surface area contributed by atoms with Gasteiger partial charge >= 0.3 is 0 Å². The first-order valence-corrected chi connectivity index (χ1v) is 7.43. The Morgan fingerprint density at radius 2 is 2.14 bits per heavy atom. The summed E-state index contributed by atoms with van der Waals surface area (Å²) in [6.07, 6.45) is 3.31. The molecule has 1 atom stereocenters. The van der Waals surface area contributed by atoms with Crippen LogP contribution in [-0.2, 0) is 9.53 Å². The van der Waals surface area contributed by atoms with Crippen LogP contribution in [0.5, 0.6) is 0 Å². The van der Waals surface area contributed by atoms with Gasteiger partial charge in [0.25, 0.3) is 0 Å². The van der Waals surface area contributed by atoms with E-state index in [4.69, 9.17) is 4.74 Å². The Labute approximate surface area is 145 Å². The molecule has 0 bridgehead atoms. The minimum atomic E-state index is 0. The number of ether oxygens (including phenoxy) is 1. The van der Waals surface area contributed by atoms with E-state index in [0.29, 0.717) is 5.92 Å². The highest BCUT2D eigenvalue weighted by atomic mass is 127. The zero-order valence-corrected chi connectivity index (χ0v) is 15.7. The van der Waals surface area contributed by atoms with E-state index in [1.165, 1.54) is 0 Å². The van der Waals surface area contributed by atoms with Gasteiger partial charge in [0.1, 0.15) is 6.54 Å². The number of carbonyl (C=O) groups excluding carboxylic acids is 1. The average Bonchev–Trinajstić information content (AvgIpc) is 2.94. The van der Waals surface area contributed by atoms with Crippen LogP contribution in [0.4, 0.5) is 0 Å². The highest BCUT2D eigenvalue weighted by Gasteiger charge is 2.15. The van der Waals surface area contributed by atoms with Crippen LogP contribution in [0.25, 0.3) is 0 Å². The molecule has 0 spiro atoms. The predicted octanol–water partition coefficient (Wildman–Crippen LogP) is 1.06. The number of hydrogen-bond donors (Lipinski definition) is 2. The molecule has 0 aromatic carbocycles. The molecule has 1 amide bonds. The Morgan fingerprint density at radius 1 is 1.38 bits per heavy atom. The van der Waals surface area contributed by atoms with Crippen LogP contribution >= 0.6 is 24.0 Å². The summed E-state index contributed by atoms with van der Waals surface area (Å²) in [5.41, 5.74) is 0. The maximum Gasteiger partial charge on any atom is 0.243 e. The normalized spacial score (nSPS) is 18.0. The van der Waals surface area contributed by atoms with Gasteiger partial charge in [0.2, 0.25) is 5.91 Å². The van der Waals surface area contributed by atoms with Gasteiger partial charge in [-0.1, -0.05) is 13.3 Å². The lowest BCUT2D eigenvalue weighted by Crippen LogP contribution is -2.41. The fraction of sp³-hybridized carbons (Fsp3) is 0.857. The molecule has 124 valence electrons. The van der Waals surface area contributed by atoms with Crippen LogP contribution in [-0.4, -0.2) is 63.7 Å². The number of nitrogens with zero attached hydrogens (tertiary/aromatic N) is 2. The molecular formula is C14H29IN4O2. The molecule has 2 N–H and O–H groups in total. The third-order valence-corrected chi connectivity index (χ3v) is 3.28. The number of likely N-dealkylation sites (N-methyl/N-ethyl adjacent to an activating group) is 1. The zero-order valence-electron chi connectivity index (χ0n) is 13.4. The molecule has 0 aromatic heterocycles. The Bertz CT molecular complexity index is 318. The smallest absolute Gasteiger partial charge is 0.243 e. The minimum absolute atomic E-state index is 0. The van der Waals surface area contributed by atoms with Crippen molar-refractivity contribution in [1.82, 2.24) is 15.5 Å². The minimum Gasteiger partial charge on any atom is -0.381 e. The molecule has 1 heterocycles. The van der Waals surface area contributed by atoms with Gasteiger partial charge in [0.15, 0.2) is 5.96 Å². The second-order valence-corrected chi connectivity index (χ2v) is 5.34. The summed E-state index contributed by atoms with van der Waals surface area (Å²) in [6.45, 7) is 5.70. The van der Waals surface area contributed by atoms with E-state index in [2.05, 4.69) is 22.5 Å². The Morgan fingerprint density at radius 3 is 2.71 bits per heavy atom. The number of guanidine groups is 1. The predicted molar refractivity (Wildman–Crippen MR) is 96.3 cm³/mol. The maximum absolute atomic E-state index is 11.6. The van der Waals surface area contributed by atoms with Gasteiger partial charge in [-0.2, -0.15) is 0 Å². The van der Waals surface area contributed by atoms with Gasteiger partial charge in [-0.3, -0.25) is 4.79 Å². The summed E-state index contributed by atoms with van der Waals surface area (Å²) in [6, 6.07) is 0. The number of amides is 1. The Hall–Kier alpha value is -0.570. The van der Waals surface area contributed by atoms with E-state index >= 15 is 0 Å². The average molecular weight is 412 g/mol. The van der Waals surface area contributed by atoms with Gasteiger partial charge in [-0.25, -0.2) is 4.99 Å². The van der Waals surface area contributed by atoms with Crippen LogP contribution in [0.1, 0.15) is 26.2 Å². The van der Waals surface area contributed by atoms with Crippen molar-refractivity contribution < 1.29 is 9.53 Å². The molecule has 6 nitrogen and oxygen atoms in total. The van der Waals surface area contributed by atoms with Crippen LogP contribution in [0.15, 0.2) is 4.99 Å². The second kappa shape index (κ2) is 12.0. The topological polar surface area (TPSA) is 66.0 Å². The van der Waals surface area contributed by atoms with Crippen molar-refractivity contribution in [2.45, 2.75) is 26.2 Å². The van der Waals surface area contributed by atoms with Gasteiger partial charge in [0, 0.05) is 39.7 Å². The SMILES string of the molecule is CCCCNC(=NCC(=O)N(C)C)NCC1CCOC1.I. The lowest BCUT2D eigenvalue weighted by Gasteiger charge is -2.15. The molecule has 1 unspecified atom stereocenters. The molecule has 0 saturated carbocycles. The monoisotopic (exact) mass is 412 g/mol. The standard InChI is InChI=1S/C14H28N4O2.HI/c1-4-5-7-15-14(17-10-13(19)18(2)3)16-9-12-6-8-20-11-12;/h12H,4-11H2,1-3H3,(H2,15,16,17);1H. The first-order chi connectivity index (χ1) is 9.63. The summed E-state index contributed by atoms with van der Waals surface area (Å²) >= 11 is 0. The lowest BCUT2D eigenvalue weighted by molar-refractivity contribution is -0.127. The molecule has 1 fully saturated rings. The molecule has 0 aromatic rings. The van der Waals surface area contributed by atoms with Crippen molar-refractivity contribution >= 4 is 35.8 Å². The summed E-state index contributed by atoms with van der Waals surface area (Å²) in [4.78, 5) is 17.5. The molecule has 1 saturated heterocycles. The number of halogens is 1. The van der Waals surface area contributed by atoms with Gasteiger partial charge < -0.3 is 20.3 Å². The van der Waals surface area contributed by atoms with Crippen LogP contribution in [0.2, 0.25) is 0 Å². The lowest BCUT2D eigenvalue weighted by atomic mass is 10.1. The molecule has 0 radical (unpaired) electrons. The number of carbonyl (C=O) groups is 1. The zero-order chi connectivity index (χ0) is 14.8. The van der Waals surface area contributed by atoms with Crippen LogP contribution in [0.3, 0.4) is 0 Å². The van der Waals surface area contributed by atoms with Crippen molar-refractivity contribution in [2.75, 3.05) is 46.9 Å². The number of rotatable bonds is 7. The van der Waals surface area contributed by atoms with Crippen molar-refractivity contribution in [3.8, 4) is 0 Å². The van der Waals surface area contributed by atoms with E-state index in [9.17, 15) is 4.79 Å². The number of hydrogen-bond acceptors (Lipinski definition) is 3. The van der Waals surface area contributed by atoms with E-state index in [-0.39, 0.29) is 36.4 Å². The molecule has 1 aliphatic rings. The largest absolute Gasteiger partial charge is 0.381 e. The molecule has 7 heteroatoms. The van der Waals surface area contributed by atoms with Gasteiger partial charge in [-0.05, 0) is 12.8 Å². The van der Waals surface area contributed by atoms with Gasteiger partial charge in [-0.15, -0.1) is 24.0 Å². The molecule has 1 aliphatic heterocycles. The summed E-state index contributed by atoms with van der Waals surface area (Å²) in [5.74, 6) is 1.27. The third kappa shape index (κ3) is 9.13. The Balaban J connectivity index is 0.00000400. The number of nitrogens with one attached hydrogen (secondary N) is 2. The quantitative estimate of drug-likeness (QED) is 0.284. The summed E-state index contributed by atoms with van der Waals surface area (Å²) in [7, 11) is 3.48. The second-order valence-electron chi connectivity index (χ2n) is 5.34. The summed E-state index contributed by atoms with van der Waals surface area (Å²) < 4.78 is 5.36. The fourth-order valence-corrected chi connectivity index (χ4v) is 1.83. The van der Waals surface area contributed by atoms with Crippen LogP contribution < -0.4 is 10.6 Å². The maximum atomic E-state index is 11.6. The van der Waals surface area contributed by atoms with Crippen molar-refractivity contribution in [2.24, 2.45) is 10.9 Å². The highest BCUT2D eigenvalue weighted by molar-refractivity contribution is 14.0. The summed E-state index contributed by atoms with van der Waals surface area (Å²) in [5, 5.41) is 6.57. The molecule has 21 heavy (non-hydrogen) atoms. The van der Waals surface area contributed by atoms with E-state index in [1.54, 1.807) is 19.0 Å². The van der Waals surface area contributed by atoms with Crippen molar-refractivity contribution in [1.29, 1.82) is 0 Å². The van der Waals surface area contributed by atoms with Crippen LogP contribution in [0, 0.1) is 5.92 Å².